The van der Waals surface area contributed by atoms with Gasteiger partial charge >= 0.3 is 0 Å². The second-order valence-corrected chi connectivity index (χ2v) is 9.15. The van der Waals surface area contributed by atoms with Crippen LogP contribution in [-0.4, -0.2) is 48.6 Å². The summed E-state index contributed by atoms with van der Waals surface area (Å²) in [6.45, 7) is 3.80. The highest BCUT2D eigenvalue weighted by molar-refractivity contribution is 6.16. The first-order valence-electron chi connectivity index (χ1n) is 11.4. The first-order valence-corrected chi connectivity index (χ1v) is 11.4. The van der Waals surface area contributed by atoms with Gasteiger partial charge in [0, 0.05) is 54.3 Å². The zero-order chi connectivity index (χ0) is 25.0. The lowest BCUT2D eigenvalue weighted by molar-refractivity contribution is -0.115. The molecule has 1 amide bonds. The first-order chi connectivity index (χ1) is 16.7. The van der Waals surface area contributed by atoms with E-state index in [9.17, 15) is 19.8 Å². The van der Waals surface area contributed by atoms with Gasteiger partial charge in [-0.05, 0) is 43.2 Å². The lowest BCUT2D eigenvalue weighted by Crippen LogP contribution is -2.22. The van der Waals surface area contributed by atoms with Gasteiger partial charge in [-0.25, -0.2) is 4.98 Å². The van der Waals surface area contributed by atoms with Crippen LogP contribution >= 0.6 is 0 Å². The molecule has 4 rings (SSSR count). The Morgan fingerprint density at radius 3 is 2.66 bits per heavy atom. The maximum atomic E-state index is 13.3. The number of rotatable bonds is 9. The Morgan fingerprint density at radius 2 is 1.89 bits per heavy atom. The average Bonchev–Trinajstić information content (AvgIpc) is 3.16. The topological polar surface area (TPSA) is 117 Å². The minimum atomic E-state index is -0.835. The molecule has 0 fully saturated rings. The molecule has 0 saturated carbocycles. The van der Waals surface area contributed by atoms with E-state index in [1.54, 1.807) is 50.6 Å². The molecule has 0 saturated heterocycles. The van der Waals surface area contributed by atoms with Crippen molar-refractivity contribution >= 4 is 28.4 Å². The smallest absolute Gasteiger partial charge is 0.229 e. The highest BCUT2D eigenvalue weighted by Gasteiger charge is 2.18. The summed E-state index contributed by atoms with van der Waals surface area (Å²) >= 11 is 0. The molecule has 0 unspecified atom stereocenters. The molecule has 0 radical (unpaired) electrons. The third kappa shape index (κ3) is 5.98. The molecule has 0 aliphatic rings. The molecule has 3 N–H and O–H groups in total. The number of carbonyl (C=O) groups excluding carboxylic acids is 2. The number of hydrogen-bond acceptors (Lipinski definition) is 6. The van der Waals surface area contributed by atoms with E-state index in [0.717, 1.165) is 16.6 Å². The zero-order valence-corrected chi connectivity index (χ0v) is 19.7. The average molecular weight is 473 g/mol. The largest absolute Gasteiger partial charge is 0.395 e. The molecule has 4 aromatic rings. The number of carbonyl (C=O) groups is 2. The summed E-state index contributed by atoms with van der Waals surface area (Å²) in [6.07, 6.45) is 7.09. The van der Waals surface area contributed by atoms with Gasteiger partial charge in [-0.3, -0.25) is 14.6 Å². The molecule has 0 atom stereocenters. The predicted octanol–water partition coefficient (Wildman–Crippen LogP) is 3.15. The minimum absolute atomic E-state index is 0.0498. The van der Waals surface area contributed by atoms with Crippen molar-refractivity contribution < 1.29 is 19.8 Å². The Balaban J connectivity index is 1.50. The molecule has 3 heterocycles. The number of pyridine rings is 2. The number of aromatic nitrogens is 3. The molecule has 0 aliphatic heterocycles. The Morgan fingerprint density at radius 1 is 1.09 bits per heavy atom. The molecular formula is C27H28N4O4. The molecule has 0 spiro atoms. The second kappa shape index (κ2) is 10.2. The second-order valence-electron chi connectivity index (χ2n) is 9.15. The molecule has 8 heteroatoms. The molecule has 3 aromatic heterocycles. The number of nitrogens with zero attached hydrogens (tertiary/aromatic N) is 3. The molecule has 180 valence electrons. The van der Waals surface area contributed by atoms with Crippen molar-refractivity contribution in [3.63, 3.8) is 0 Å². The SMILES string of the molecule is CC(C)(O)Cc1cccc(CC(=O)Nc2cc(C(=O)c3cn(CCO)c4ccncc34)ccn2)c1. The third-order valence-corrected chi connectivity index (χ3v) is 5.55. The summed E-state index contributed by atoms with van der Waals surface area (Å²) < 4.78 is 1.82. The van der Waals surface area contributed by atoms with Crippen molar-refractivity contribution in [2.75, 3.05) is 11.9 Å². The van der Waals surface area contributed by atoms with Gasteiger partial charge < -0.3 is 20.1 Å². The lowest BCUT2D eigenvalue weighted by Gasteiger charge is -2.17. The van der Waals surface area contributed by atoms with Gasteiger partial charge in [-0.15, -0.1) is 0 Å². The van der Waals surface area contributed by atoms with Crippen LogP contribution in [0, 0.1) is 0 Å². The van der Waals surface area contributed by atoms with Gasteiger partial charge in [0.25, 0.3) is 0 Å². The van der Waals surface area contributed by atoms with Crippen LogP contribution in [0.5, 0.6) is 0 Å². The summed E-state index contributed by atoms with van der Waals surface area (Å²) in [6, 6.07) is 12.5. The number of amides is 1. The van der Waals surface area contributed by atoms with Crippen LogP contribution in [0.2, 0.25) is 0 Å². The molecule has 0 aliphatic carbocycles. The van der Waals surface area contributed by atoms with E-state index in [4.69, 9.17) is 0 Å². The van der Waals surface area contributed by atoms with Crippen LogP contribution in [0.15, 0.2) is 67.3 Å². The number of aliphatic hydroxyl groups excluding tert-OH is 1. The predicted molar refractivity (Wildman–Crippen MR) is 133 cm³/mol. The quantitative estimate of drug-likeness (QED) is 0.322. The zero-order valence-electron chi connectivity index (χ0n) is 19.7. The van der Waals surface area contributed by atoms with E-state index >= 15 is 0 Å². The standard InChI is InChI=1S/C27H28N4O4/c1-27(2,35)15-19-5-3-4-18(12-19)13-25(33)30-24-14-20(6-9-29-24)26(34)22-17-31(10-11-32)23-7-8-28-16-21(22)23/h3-9,12,14,16-17,32,35H,10-11,13,15H2,1-2H3,(H,29,30,33). The van der Waals surface area contributed by atoms with Crippen molar-refractivity contribution in [3.8, 4) is 0 Å². The fraction of sp³-hybridized carbons (Fsp3) is 0.259. The van der Waals surface area contributed by atoms with Crippen molar-refractivity contribution in [2.45, 2.75) is 38.8 Å². The van der Waals surface area contributed by atoms with E-state index in [-0.39, 0.29) is 30.5 Å². The van der Waals surface area contributed by atoms with E-state index in [0.29, 0.717) is 29.5 Å². The van der Waals surface area contributed by atoms with Gasteiger partial charge in [-0.1, -0.05) is 24.3 Å². The van der Waals surface area contributed by atoms with Gasteiger partial charge in [0.1, 0.15) is 5.82 Å². The number of ketones is 1. The normalized spacial score (nSPS) is 11.5. The molecule has 1 aromatic carbocycles. The number of benzene rings is 1. The van der Waals surface area contributed by atoms with E-state index in [2.05, 4.69) is 15.3 Å². The fourth-order valence-corrected chi connectivity index (χ4v) is 4.13. The number of hydrogen-bond donors (Lipinski definition) is 3. The van der Waals surface area contributed by atoms with Crippen LogP contribution in [0.1, 0.15) is 40.9 Å². The maximum Gasteiger partial charge on any atom is 0.229 e. The Labute approximate surface area is 203 Å². The summed E-state index contributed by atoms with van der Waals surface area (Å²) in [5.74, 6) is -0.200. The van der Waals surface area contributed by atoms with Crippen molar-refractivity contribution in [1.82, 2.24) is 14.5 Å². The maximum absolute atomic E-state index is 13.3. The summed E-state index contributed by atoms with van der Waals surface area (Å²) in [7, 11) is 0. The first kappa shape index (κ1) is 24.3. The number of nitrogens with one attached hydrogen (secondary N) is 1. The van der Waals surface area contributed by atoms with Gasteiger partial charge in [0.15, 0.2) is 5.78 Å². The number of fused-ring (bicyclic) bond motifs is 1. The van der Waals surface area contributed by atoms with E-state index < -0.39 is 5.60 Å². The van der Waals surface area contributed by atoms with E-state index in [1.165, 1.54) is 6.20 Å². The number of anilines is 1. The van der Waals surface area contributed by atoms with Crippen molar-refractivity contribution in [3.05, 3.63) is 89.5 Å². The lowest BCUT2D eigenvalue weighted by atomic mass is 9.97. The van der Waals surface area contributed by atoms with Gasteiger partial charge in [-0.2, -0.15) is 0 Å². The van der Waals surface area contributed by atoms with Crippen molar-refractivity contribution in [1.29, 1.82) is 0 Å². The summed E-state index contributed by atoms with van der Waals surface area (Å²) in [5.41, 5.74) is 2.59. The van der Waals surface area contributed by atoms with Crippen molar-refractivity contribution in [2.24, 2.45) is 0 Å². The molecule has 8 nitrogen and oxygen atoms in total. The Kier molecular flexibility index (Phi) is 7.04. The summed E-state index contributed by atoms with van der Waals surface area (Å²) in [5, 5.41) is 22.9. The van der Waals surface area contributed by atoms with Crippen LogP contribution in [-0.2, 0) is 24.2 Å². The van der Waals surface area contributed by atoms with E-state index in [1.807, 2.05) is 28.8 Å². The molecule has 0 bridgehead atoms. The molecule has 35 heavy (non-hydrogen) atoms. The van der Waals surface area contributed by atoms with Crippen LogP contribution in [0.4, 0.5) is 5.82 Å². The number of aliphatic hydroxyl groups is 2. The van der Waals surface area contributed by atoms with Crippen LogP contribution < -0.4 is 5.32 Å². The monoisotopic (exact) mass is 472 g/mol. The van der Waals surface area contributed by atoms with Crippen LogP contribution in [0.3, 0.4) is 0 Å². The van der Waals surface area contributed by atoms with Gasteiger partial charge in [0.05, 0.1) is 24.1 Å². The van der Waals surface area contributed by atoms with Crippen LogP contribution in [0.25, 0.3) is 10.9 Å². The molecular weight excluding hydrogens is 444 g/mol. The Bertz CT molecular complexity index is 1370. The highest BCUT2D eigenvalue weighted by atomic mass is 16.3. The third-order valence-electron chi connectivity index (χ3n) is 5.55. The highest BCUT2D eigenvalue weighted by Crippen LogP contribution is 2.24. The summed E-state index contributed by atoms with van der Waals surface area (Å²) in [4.78, 5) is 34.3. The minimum Gasteiger partial charge on any atom is -0.395 e. The van der Waals surface area contributed by atoms with Gasteiger partial charge in [0.2, 0.25) is 5.91 Å². The Hall–Kier alpha value is -3.88. The fourth-order valence-electron chi connectivity index (χ4n) is 4.13.